The van der Waals surface area contributed by atoms with Crippen molar-refractivity contribution in [3.8, 4) is 16.9 Å². The number of nitrogens with two attached hydrogens (primary N) is 1. The van der Waals surface area contributed by atoms with Gasteiger partial charge in [-0.25, -0.2) is 8.42 Å². The standard InChI is InChI=1S/C29H35N3O4S/c1-21-7-3-5-9-27(21)22-11-17-26(18-12-22)37(34,35)32(19-23-8-4-6-10-28(23)36-2)20-29(33)31-25-15-13-24(30)14-16-25/h3-12,17-18,24-25H,13-16,19-20,30H2,1-2H3,(H,31,33). The quantitative estimate of drug-likeness (QED) is 0.438. The molecule has 1 saturated carbocycles. The lowest BCUT2D eigenvalue weighted by atomic mass is 9.92. The zero-order valence-electron chi connectivity index (χ0n) is 21.4. The molecule has 0 atom stereocenters. The summed E-state index contributed by atoms with van der Waals surface area (Å²) < 4.78 is 34.3. The monoisotopic (exact) mass is 521 g/mol. The first-order valence-corrected chi connectivity index (χ1v) is 14.0. The van der Waals surface area contributed by atoms with E-state index in [4.69, 9.17) is 10.5 Å². The second-order valence-electron chi connectivity index (χ2n) is 9.60. The fourth-order valence-electron chi connectivity index (χ4n) is 4.80. The molecule has 7 nitrogen and oxygen atoms in total. The summed E-state index contributed by atoms with van der Waals surface area (Å²) >= 11 is 0. The van der Waals surface area contributed by atoms with Crippen molar-refractivity contribution in [2.75, 3.05) is 13.7 Å². The summed E-state index contributed by atoms with van der Waals surface area (Å²) in [6.07, 6.45) is 3.29. The lowest BCUT2D eigenvalue weighted by Crippen LogP contribution is -2.46. The van der Waals surface area contributed by atoms with Crippen LogP contribution in [0.5, 0.6) is 5.75 Å². The molecular formula is C29H35N3O4S. The maximum Gasteiger partial charge on any atom is 0.243 e. The number of para-hydroxylation sites is 1. The van der Waals surface area contributed by atoms with Crippen LogP contribution in [0, 0.1) is 6.92 Å². The zero-order valence-corrected chi connectivity index (χ0v) is 22.2. The number of ether oxygens (including phenoxy) is 1. The SMILES string of the molecule is COc1ccccc1CN(CC(=O)NC1CCC(N)CC1)S(=O)(=O)c1ccc(-c2ccccc2C)cc1. The highest BCUT2D eigenvalue weighted by Crippen LogP contribution is 2.27. The van der Waals surface area contributed by atoms with Gasteiger partial charge in [0.2, 0.25) is 15.9 Å². The van der Waals surface area contributed by atoms with Gasteiger partial charge in [0, 0.05) is 24.2 Å². The minimum absolute atomic E-state index is 0.00878. The van der Waals surface area contributed by atoms with Gasteiger partial charge in [-0.05, 0) is 67.5 Å². The Bertz CT molecular complexity index is 1320. The molecule has 8 heteroatoms. The summed E-state index contributed by atoms with van der Waals surface area (Å²) in [5.41, 5.74) is 9.75. The molecule has 4 rings (SSSR count). The second kappa shape index (κ2) is 11.9. The Morgan fingerprint density at radius 2 is 1.62 bits per heavy atom. The van der Waals surface area contributed by atoms with E-state index in [1.165, 1.54) is 4.31 Å². The molecule has 0 radical (unpaired) electrons. The molecule has 0 bridgehead atoms. The van der Waals surface area contributed by atoms with Crippen LogP contribution in [-0.2, 0) is 21.4 Å². The highest BCUT2D eigenvalue weighted by Gasteiger charge is 2.29. The summed E-state index contributed by atoms with van der Waals surface area (Å²) in [5.74, 6) is 0.245. The summed E-state index contributed by atoms with van der Waals surface area (Å²) in [6.45, 7) is 1.74. The first kappa shape index (κ1) is 26.9. The van der Waals surface area contributed by atoms with E-state index in [-0.39, 0.29) is 36.0 Å². The third-order valence-corrected chi connectivity index (χ3v) is 8.75. The minimum Gasteiger partial charge on any atom is -0.496 e. The lowest BCUT2D eigenvalue weighted by molar-refractivity contribution is -0.122. The number of nitrogens with zero attached hydrogens (tertiary/aromatic N) is 1. The molecule has 1 aliphatic rings. The molecule has 1 amide bonds. The van der Waals surface area contributed by atoms with Crippen molar-refractivity contribution in [2.24, 2.45) is 5.73 Å². The number of carbonyl (C=O) groups is 1. The van der Waals surface area contributed by atoms with Gasteiger partial charge < -0.3 is 15.8 Å². The number of methoxy groups -OCH3 is 1. The van der Waals surface area contributed by atoms with Crippen molar-refractivity contribution in [2.45, 2.75) is 56.1 Å². The number of aryl methyl sites for hydroxylation is 1. The molecule has 1 aliphatic carbocycles. The number of rotatable bonds is 9. The molecule has 0 saturated heterocycles. The maximum absolute atomic E-state index is 13.8. The van der Waals surface area contributed by atoms with Crippen molar-refractivity contribution in [1.29, 1.82) is 0 Å². The first-order valence-electron chi connectivity index (χ1n) is 12.6. The van der Waals surface area contributed by atoms with E-state index >= 15 is 0 Å². The van der Waals surface area contributed by atoms with Crippen LogP contribution in [0.15, 0.2) is 77.7 Å². The summed E-state index contributed by atoms with van der Waals surface area (Å²) in [7, 11) is -2.44. The zero-order chi connectivity index (χ0) is 26.4. The van der Waals surface area contributed by atoms with Gasteiger partial charge in [-0.1, -0.05) is 54.6 Å². The van der Waals surface area contributed by atoms with E-state index in [2.05, 4.69) is 5.32 Å². The highest BCUT2D eigenvalue weighted by atomic mass is 32.2. The van der Waals surface area contributed by atoms with Gasteiger partial charge in [0.15, 0.2) is 0 Å². The highest BCUT2D eigenvalue weighted by molar-refractivity contribution is 7.89. The van der Waals surface area contributed by atoms with Crippen LogP contribution in [-0.4, -0.2) is 44.4 Å². The van der Waals surface area contributed by atoms with Crippen LogP contribution in [0.1, 0.15) is 36.8 Å². The third kappa shape index (κ3) is 6.57. The van der Waals surface area contributed by atoms with Gasteiger partial charge in [-0.3, -0.25) is 4.79 Å². The summed E-state index contributed by atoms with van der Waals surface area (Å²) in [6, 6.07) is 22.2. The Balaban J connectivity index is 1.59. The van der Waals surface area contributed by atoms with E-state index in [0.717, 1.165) is 42.4 Å². The van der Waals surface area contributed by atoms with Crippen LogP contribution in [0.4, 0.5) is 0 Å². The number of hydrogen-bond donors (Lipinski definition) is 2. The predicted octanol–water partition coefficient (Wildman–Crippen LogP) is 4.25. The molecule has 3 N–H and O–H groups in total. The van der Waals surface area contributed by atoms with Gasteiger partial charge in [0.25, 0.3) is 0 Å². The van der Waals surface area contributed by atoms with Crippen LogP contribution >= 0.6 is 0 Å². The van der Waals surface area contributed by atoms with Crippen molar-refractivity contribution >= 4 is 15.9 Å². The van der Waals surface area contributed by atoms with Gasteiger partial charge >= 0.3 is 0 Å². The lowest BCUT2D eigenvalue weighted by Gasteiger charge is -2.28. The maximum atomic E-state index is 13.8. The summed E-state index contributed by atoms with van der Waals surface area (Å²) in [4.78, 5) is 13.2. The Morgan fingerprint density at radius 1 is 0.973 bits per heavy atom. The largest absolute Gasteiger partial charge is 0.496 e. The molecule has 196 valence electrons. The van der Waals surface area contributed by atoms with Crippen molar-refractivity contribution in [1.82, 2.24) is 9.62 Å². The van der Waals surface area contributed by atoms with Crippen molar-refractivity contribution in [3.05, 3.63) is 83.9 Å². The molecule has 0 unspecified atom stereocenters. The first-order chi connectivity index (χ1) is 17.8. The van der Waals surface area contributed by atoms with E-state index in [0.29, 0.717) is 11.3 Å². The molecule has 3 aromatic carbocycles. The normalized spacial score (nSPS) is 17.9. The number of nitrogens with one attached hydrogen (secondary N) is 1. The van der Waals surface area contributed by atoms with Gasteiger partial charge in [0.05, 0.1) is 18.6 Å². The summed E-state index contributed by atoms with van der Waals surface area (Å²) in [5, 5.41) is 3.01. The molecule has 0 heterocycles. The minimum atomic E-state index is -3.98. The Kier molecular flexibility index (Phi) is 8.63. The fraction of sp³-hybridized carbons (Fsp3) is 0.345. The molecule has 1 fully saturated rings. The van der Waals surface area contributed by atoms with Crippen LogP contribution in [0.25, 0.3) is 11.1 Å². The third-order valence-electron chi connectivity index (χ3n) is 6.94. The number of carbonyl (C=O) groups excluding carboxylic acids is 1. The van der Waals surface area contributed by atoms with Gasteiger partial charge in [-0.15, -0.1) is 0 Å². The fourth-order valence-corrected chi connectivity index (χ4v) is 6.17. The number of sulfonamides is 1. The Hall–Kier alpha value is -3.20. The van der Waals surface area contributed by atoms with E-state index in [1.807, 2.05) is 61.5 Å². The average Bonchev–Trinajstić information content (AvgIpc) is 2.90. The van der Waals surface area contributed by atoms with Gasteiger partial charge in [-0.2, -0.15) is 4.31 Å². The van der Waals surface area contributed by atoms with E-state index in [1.54, 1.807) is 25.3 Å². The smallest absolute Gasteiger partial charge is 0.243 e. The number of benzene rings is 3. The molecule has 3 aromatic rings. The predicted molar refractivity (Wildman–Crippen MR) is 146 cm³/mol. The van der Waals surface area contributed by atoms with Crippen molar-refractivity contribution in [3.63, 3.8) is 0 Å². The van der Waals surface area contributed by atoms with Crippen molar-refractivity contribution < 1.29 is 17.9 Å². The molecular weight excluding hydrogens is 486 g/mol. The van der Waals surface area contributed by atoms with Crippen LogP contribution in [0.3, 0.4) is 0 Å². The molecule has 0 aromatic heterocycles. The Morgan fingerprint density at radius 3 is 2.30 bits per heavy atom. The van der Waals surface area contributed by atoms with Crippen LogP contribution < -0.4 is 15.8 Å². The average molecular weight is 522 g/mol. The van der Waals surface area contributed by atoms with Crippen LogP contribution in [0.2, 0.25) is 0 Å². The molecule has 0 spiro atoms. The topological polar surface area (TPSA) is 102 Å². The number of amides is 1. The van der Waals surface area contributed by atoms with E-state index in [9.17, 15) is 13.2 Å². The second-order valence-corrected chi connectivity index (χ2v) is 11.5. The Labute approximate surface area is 219 Å². The molecule has 37 heavy (non-hydrogen) atoms. The number of hydrogen-bond acceptors (Lipinski definition) is 5. The molecule has 0 aliphatic heterocycles. The van der Waals surface area contributed by atoms with Gasteiger partial charge in [0.1, 0.15) is 5.75 Å². The van der Waals surface area contributed by atoms with E-state index < -0.39 is 10.0 Å².